The normalized spacial score (nSPS) is 18.9. The minimum absolute atomic E-state index is 0.257. The number of rotatable bonds is 5. The third kappa shape index (κ3) is 4.13. The van der Waals surface area contributed by atoms with Crippen LogP contribution in [0.15, 0.2) is 24.3 Å². The third-order valence-corrected chi connectivity index (χ3v) is 3.74. The first-order valence-corrected chi connectivity index (χ1v) is 7.81. The van der Waals surface area contributed by atoms with Crippen molar-refractivity contribution >= 4 is 11.7 Å². The minimum Gasteiger partial charge on any atom is -0.476 e. The topological polar surface area (TPSA) is 59.0 Å². The van der Waals surface area contributed by atoms with Gasteiger partial charge in [0.15, 0.2) is 5.60 Å². The van der Waals surface area contributed by atoms with Gasteiger partial charge < -0.3 is 19.5 Å². The standard InChI is InChI=1S/C17H25NO4/c1-4-21-16(20)17(2,3)22-15-9-7-13(8-10-15)18-11-5-6-14(19)12-18/h7-10,14,19H,4-6,11-12H2,1-3H3/t14-/m0/s1. The van der Waals surface area contributed by atoms with Gasteiger partial charge in [-0.05, 0) is 57.9 Å². The van der Waals surface area contributed by atoms with E-state index in [4.69, 9.17) is 9.47 Å². The summed E-state index contributed by atoms with van der Waals surface area (Å²) >= 11 is 0. The first-order chi connectivity index (χ1) is 10.4. The number of hydrogen-bond donors (Lipinski definition) is 1. The molecule has 2 rings (SSSR count). The van der Waals surface area contributed by atoms with Gasteiger partial charge in [-0.25, -0.2) is 4.79 Å². The van der Waals surface area contributed by atoms with Crippen molar-refractivity contribution in [3.05, 3.63) is 24.3 Å². The van der Waals surface area contributed by atoms with Crippen LogP contribution in [-0.2, 0) is 9.53 Å². The number of carbonyl (C=O) groups is 1. The predicted octanol–water partition coefficient (Wildman–Crippen LogP) is 2.37. The number of anilines is 1. The van der Waals surface area contributed by atoms with Crippen molar-refractivity contribution in [2.45, 2.75) is 45.3 Å². The van der Waals surface area contributed by atoms with Crippen molar-refractivity contribution in [2.24, 2.45) is 0 Å². The summed E-state index contributed by atoms with van der Waals surface area (Å²) in [6.07, 6.45) is 1.60. The molecule has 1 aromatic carbocycles. The summed E-state index contributed by atoms with van der Waals surface area (Å²) in [6.45, 7) is 7.11. The third-order valence-electron chi connectivity index (χ3n) is 3.74. The van der Waals surface area contributed by atoms with Crippen molar-refractivity contribution in [1.29, 1.82) is 0 Å². The summed E-state index contributed by atoms with van der Waals surface area (Å²) in [5, 5.41) is 9.74. The molecule has 0 aromatic heterocycles. The minimum atomic E-state index is -1.02. The summed E-state index contributed by atoms with van der Waals surface area (Å²) in [5.41, 5.74) is 0.0406. The molecule has 1 atom stereocenters. The number of carbonyl (C=O) groups excluding carboxylic acids is 1. The Morgan fingerprint density at radius 3 is 2.64 bits per heavy atom. The molecule has 1 heterocycles. The van der Waals surface area contributed by atoms with E-state index in [-0.39, 0.29) is 12.1 Å². The zero-order chi connectivity index (χ0) is 16.2. The average molecular weight is 307 g/mol. The van der Waals surface area contributed by atoms with Crippen molar-refractivity contribution in [3.8, 4) is 5.75 Å². The summed E-state index contributed by atoms with van der Waals surface area (Å²) < 4.78 is 10.7. The molecule has 22 heavy (non-hydrogen) atoms. The molecule has 1 aliphatic heterocycles. The van der Waals surface area contributed by atoms with Crippen LogP contribution in [0.3, 0.4) is 0 Å². The molecule has 0 radical (unpaired) electrons. The smallest absolute Gasteiger partial charge is 0.349 e. The number of aliphatic hydroxyl groups excluding tert-OH is 1. The summed E-state index contributed by atoms with van der Waals surface area (Å²) in [6, 6.07) is 7.60. The van der Waals surface area contributed by atoms with E-state index in [9.17, 15) is 9.90 Å². The maximum absolute atomic E-state index is 11.8. The molecular weight excluding hydrogens is 282 g/mol. The van der Waals surface area contributed by atoms with Gasteiger partial charge in [0, 0.05) is 18.8 Å². The number of hydrogen-bond acceptors (Lipinski definition) is 5. The molecule has 0 unspecified atom stereocenters. The molecule has 0 aliphatic carbocycles. The zero-order valence-electron chi connectivity index (χ0n) is 13.5. The number of ether oxygens (including phenoxy) is 2. The second-order valence-corrected chi connectivity index (χ2v) is 6.07. The van der Waals surface area contributed by atoms with Crippen LogP contribution >= 0.6 is 0 Å². The second-order valence-electron chi connectivity index (χ2n) is 6.07. The molecular formula is C17H25NO4. The highest BCUT2D eigenvalue weighted by atomic mass is 16.6. The fourth-order valence-electron chi connectivity index (χ4n) is 2.56. The van der Waals surface area contributed by atoms with Gasteiger partial charge in [-0.2, -0.15) is 0 Å². The first kappa shape index (κ1) is 16.6. The van der Waals surface area contributed by atoms with Gasteiger partial charge in [0.1, 0.15) is 5.75 Å². The Balaban J connectivity index is 2.01. The number of β-amino-alcohol motifs (C(OH)–C–C–N with tert-alkyl or cyclic N) is 1. The van der Waals surface area contributed by atoms with Crippen LogP contribution in [0.1, 0.15) is 33.6 Å². The predicted molar refractivity (Wildman–Crippen MR) is 85.2 cm³/mol. The fraction of sp³-hybridized carbons (Fsp3) is 0.588. The van der Waals surface area contributed by atoms with Crippen LogP contribution in [0.2, 0.25) is 0 Å². The molecule has 1 fully saturated rings. The first-order valence-electron chi connectivity index (χ1n) is 7.81. The summed E-state index contributed by atoms with van der Waals surface area (Å²) in [4.78, 5) is 14.0. The monoisotopic (exact) mass is 307 g/mol. The number of esters is 1. The van der Waals surface area contributed by atoms with Crippen LogP contribution < -0.4 is 9.64 Å². The van der Waals surface area contributed by atoms with Crippen LogP contribution in [0.5, 0.6) is 5.75 Å². The van der Waals surface area contributed by atoms with E-state index in [1.807, 2.05) is 24.3 Å². The molecule has 0 spiro atoms. The number of nitrogens with zero attached hydrogens (tertiary/aromatic N) is 1. The van der Waals surface area contributed by atoms with Crippen LogP contribution in [0.25, 0.3) is 0 Å². The highest BCUT2D eigenvalue weighted by molar-refractivity contribution is 5.79. The molecule has 0 saturated carbocycles. The number of aliphatic hydroxyl groups is 1. The second kappa shape index (κ2) is 7.01. The lowest BCUT2D eigenvalue weighted by atomic mass is 10.1. The molecule has 0 amide bonds. The van der Waals surface area contributed by atoms with Crippen molar-refractivity contribution < 1.29 is 19.4 Å². The quantitative estimate of drug-likeness (QED) is 0.846. The van der Waals surface area contributed by atoms with Crippen molar-refractivity contribution in [3.63, 3.8) is 0 Å². The van der Waals surface area contributed by atoms with E-state index < -0.39 is 5.60 Å². The molecule has 1 N–H and O–H groups in total. The Hall–Kier alpha value is -1.75. The Labute approximate surface area is 131 Å². The molecule has 5 heteroatoms. The van der Waals surface area contributed by atoms with Crippen LogP contribution in [-0.4, -0.2) is 42.5 Å². The fourth-order valence-corrected chi connectivity index (χ4v) is 2.56. The number of piperidine rings is 1. The van der Waals surface area contributed by atoms with Crippen molar-refractivity contribution in [2.75, 3.05) is 24.6 Å². The lowest BCUT2D eigenvalue weighted by molar-refractivity contribution is -0.158. The van der Waals surface area contributed by atoms with Crippen LogP contribution in [0, 0.1) is 0 Å². The lowest BCUT2D eigenvalue weighted by Crippen LogP contribution is -2.40. The SMILES string of the molecule is CCOC(=O)C(C)(C)Oc1ccc(N2CCC[C@H](O)C2)cc1. The van der Waals surface area contributed by atoms with Gasteiger partial charge in [-0.15, -0.1) is 0 Å². The van der Waals surface area contributed by atoms with E-state index in [0.29, 0.717) is 18.9 Å². The molecule has 1 saturated heterocycles. The molecule has 5 nitrogen and oxygen atoms in total. The van der Waals surface area contributed by atoms with Gasteiger partial charge >= 0.3 is 5.97 Å². The number of benzene rings is 1. The summed E-state index contributed by atoms with van der Waals surface area (Å²) in [7, 11) is 0. The van der Waals surface area contributed by atoms with Gasteiger partial charge in [0.2, 0.25) is 0 Å². The van der Waals surface area contributed by atoms with Gasteiger partial charge in [0.05, 0.1) is 12.7 Å². The van der Waals surface area contributed by atoms with E-state index in [2.05, 4.69) is 4.90 Å². The van der Waals surface area contributed by atoms with E-state index >= 15 is 0 Å². The molecule has 0 bridgehead atoms. The van der Waals surface area contributed by atoms with Gasteiger partial charge in [-0.3, -0.25) is 0 Å². The maximum atomic E-state index is 11.8. The van der Waals surface area contributed by atoms with Gasteiger partial charge in [-0.1, -0.05) is 0 Å². The Bertz CT molecular complexity index is 498. The Morgan fingerprint density at radius 1 is 1.36 bits per heavy atom. The largest absolute Gasteiger partial charge is 0.476 e. The van der Waals surface area contributed by atoms with E-state index in [1.165, 1.54) is 0 Å². The maximum Gasteiger partial charge on any atom is 0.349 e. The summed E-state index contributed by atoms with van der Waals surface area (Å²) in [5.74, 6) is 0.248. The average Bonchev–Trinajstić information content (AvgIpc) is 2.48. The highest BCUT2D eigenvalue weighted by Crippen LogP contribution is 2.25. The van der Waals surface area contributed by atoms with Gasteiger partial charge in [0.25, 0.3) is 0 Å². The molecule has 122 valence electrons. The van der Waals surface area contributed by atoms with E-state index in [1.54, 1.807) is 20.8 Å². The molecule has 1 aliphatic rings. The Morgan fingerprint density at radius 2 is 2.05 bits per heavy atom. The zero-order valence-corrected chi connectivity index (χ0v) is 13.5. The Kier molecular flexibility index (Phi) is 5.29. The van der Waals surface area contributed by atoms with Crippen LogP contribution in [0.4, 0.5) is 5.69 Å². The van der Waals surface area contributed by atoms with E-state index in [0.717, 1.165) is 25.1 Å². The van der Waals surface area contributed by atoms with Crippen molar-refractivity contribution in [1.82, 2.24) is 0 Å². The lowest BCUT2D eigenvalue weighted by Gasteiger charge is -2.32. The highest BCUT2D eigenvalue weighted by Gasteiger charge is 2.31. The molecule has 1 aromatic rings.